The minimum Gasteiger partial charge on any atom is -0.496 e. The highest BCUT2D eigenvalue weighted by molar-refractivity contribution is 14.0. The highest BCUT2D eigenvalue weighted by atomic mass is 127. The first-order chi connectivity index (χ1) is 23.1. The fourth-order valence-electron chi connectivity index (χ4n) is 6.04. The van der Waals surface area contributed by atoms with Gasteiger partial charge in [0.2, 0.25) is 21.8 Å². The van der Waals surface area contributed by atoms with Gasteiger partial charge in [0.15, 0.2) is 6.29 Å². The van der Waals surface area contributed by atoms with Gasteiger partial charge in [-0.2, -0.15) is 4.72 Å². The number of rotatable bonds is 13. The number of amidine groups is 1. The summed E-state index contributed by atoms with van der Waals surface area (Å²) in [5, 5.41) is 40.8. The largest absolute Gasteiger partial charge is 0.496 e. The Kier molecular flexibility index (Phi) is 15.0. The maximum absolute atomic E-state index is 14.0. The molecule has 0 spiro atoms. The lowest BCUT2D eigenvalue weighted by Gasteiger charge is -2.35. The van der Waals surface area contributed by atoms with Gasteiger partial charge in [-0.15, -0.1) is 24.0 Å². The van der Waals surface area contributed by atoms with Crippen molar-refractivity contribution in [1.29, 1.82) is 5.41 Å². The number of nitrogen functional groups attached to an aromatic ring is 1. The summed E-state index contributed by atoms with van der Waals surface area (Å²) in [5.74, 6) is -0.855. The number of aryl methyl sites for hydroxylation is 1. The van der Waals surface area contributed by atoms with Crippen molar-refractivity contribution in [1.82, 2.24) is 14.9 Å². The summed E-state index contributed by atoms with van der Waals surface area (Å²) < 4.78 is 46.7. The number of benzene rings is 2. The van der Waals surface area contributed by atoms with E-state index in [1.54, 1.807) is 56.0 Å². The van der Waals surface area contributed by atoms with Crippen LogP contribution in [-0.2, 0) is 35.5 Å². The van der Waals surface area contributed by atoms with Crippen LogP contribution in [0.4, 0.5) is 0 Å². The normalized spacial score (nSPS) is 22.2. The second kappa shape index (κ2) is 18.0. The van der Waals surface area contributed by atoms with Crippen molar-refractivity contribution >= 4 is 51.6 Å². The average molecular weight is 834 g/mol. The van der Waals surface area contributed by atoms with Gasteiger partial charge in [-0.05, 0) is 68.4 Å². The first-order valence-corrected chi connectivity index (χ1v) is 17.6. The summed E-state index contributed by atoms with van der Waals surface area (Å²) in [6, 6.07) is 5.50. The number of piperidine rings is 1. The van der Waals surface area contributed by atoms with E-state index in [0.717, 1.165) is 19.3 Å². The number of ether oxygens (including phenoxy) is 3. The van der Waals surface area contributed by atoms with Crippen LogP contribution in [0.2, 0.25) is 0 Å². The Labute approximate surface area is 309 Å². The Bertz CT molecular complexity index is 1620. The van der Waals surface area contributed by atoms with Gasteiger partial charge in [0.25, 0.3) is 0 Å². The van der Waals surface area contributed by atoms with Crippen LogP contribution in [0.5, 0.6) is 5.75 Å². The molecule has 0 unspecified atom stereocenters. The molecule has 2 fully saturated rings. The van der Waals surface area contributed by atoms with Crippen molar-refractivity contribution in [2.45, 2.75) is 88.0 Å². The number of likely N-dealkylation sites (tertiary alicyclic amines) is 1. The van der Waals surface area contributed by atoms with Gasteiger partial charge < -0.3 is 45.5 Å². The number of sulfonamides is 1. The van der Waals surface area contributed by atoms with Crippen molar-refractivity contribution in [3.63, 3.8) is 0 Å². The van der Waals surface area contributed by atoms with E-state index in [9.17, 15) is 33.3 Å². The zero-order valence-electron chi connectivity index (χ0n) is 28.5. The highest BCUT2D eigenvalue weighted by Crippen LogP contribution is 2.30. The summed E-state index contributed by atoms with van der Waals surface area (Å²) in [7, 11) is -2.94. The number of aliphatic hydroxyl groups is 3. The predicted molar refractivity (Wildman–Crippen MR) is 194 cm³/mol. The maximum Gasteiger partial charge on any atom is 0.245 e. The third-order valence-corrected chi connectivity index (χ3v) is 10.7. The lowest BCUT2D eigenvalue weighted by molar-refractivity contribution is -0.270. The van der Waals surface area contributed by atoms with Gasteiger partial charge in [0.1, 0.15) is 42.0 Å². The molecule has 0 bridgehead atoms. The van der Waals surface area contributed by atoms with Crippen molar-refractivity contribution in [3.8, 4) is 5.75 Å². The molecule has 8 N–H and O–H groups in total. The van der Waals surface area contributed by atoms with E-state index >= 15 is 0 Å². The molecule has 2 aliphatic heterocycles. The topological polar surface area (TPSA) is 234 Å². The molecular weight excluding hydrogens is 785 g/mol. The monoisotopic (exact) mass is 833 g/mol. The van der Waals surface area contributed by atoms with Crippen LogP contribution in [0.3, 0.4) is 0 Å². The molecule has 2 saturated heterocycles. The third kappa shape index (κ3) is 9.90. The number of carbonyl (C=O) groups excluding carboxylic acids is 2. The van der Waals surface area contributed by atoms with E-state index in [1.165, 1.54) is 7.11 Å². The minimum atomic E-state index is -4.41. The number of nitrogens with one attached hydrogen (secondary N) is 3. The number of nitrogens with two attached hydrogens (primary N) is 1. The van der Waals surface area contributed by atoms with Gasteiger partial charge in [0.05, 0.1) is 25.2 Å². The lowest BCUT2D eigenvalue weighted by Crippen LogP contribution is -2.58. The zero-order chi connectivity index (χ0) is 36.0. The summed E-state index contributed by atoms with van der Waals surface area (Å²) in [5.41, 5.74) is 8.09. The van der Waals surface area contributed by atoms with Crippen molar-refractivity contribution in [3.05, 3.63) is 58.1 Å². The predicted octanol–water partition coefficient (Wildman–Crippen LogP) is 0.365. The molecule has 2 amide bonds. The molecule has 6 atom stereocenters. The van der Waals surface area contributed by atoms with Crippen molar-refractivity contribution in [2.24, 2.45) is 5.73 Å². The standard InChI is InChI=1S/C33H47N5O10S.HI/c1-18-14-26(46-4)19(2)20(3)29(18)49(44,45)37-24(16-47-33-28(41)27(40)25(39)17-48-33)31(42)36-23(32(43)38-12-6-5-7-13-38)15-21-8-10-22(11-9-21)30(34)35;/h8-11,14,23-25,27-28,33,37,39-41H,5-7,12-13,15-17H2,1-4H3,(H3,34,35)(H,36,42);1H/t23-,24+,25-,27-,28-,33-;/m1./s1. The van der Waals surface area contributed by atoms with Crippen molar-refractivity contribution in [2.75, 3.05) is 33.4 Å². The summed E-state index contributed by atoms with van der Waals surface area (Å²) >= 11 is 0. The van der Waals surface area contributed by atoms with Crippen LogP contribution in [0, 0.1) is 26.2 Å². The third-order valence-electron chi connectivity index (χ3n) is 8.95. The Morgan fingerprint density at radius 3 is 2.28 bits per heavy atom. The molecule has 50 heavy (non-hydrogen) atoms. The summed E-state index contributed by atoms with van der Waals surface area (Å²) in [4.78, 5) is 29.5. The van der Waals surface area contributed by atoms with E-state index in [-0.39, 0.29) is 53.6 Å². The molecule has 15 nitrogen and oxygen atoms in total. The van der Waals surface area contributed by atoms with E-state index in [1.807, 2.05) is 0 Å². The number of halogens is 1. The minimum absolute atomic E-state index is 0. The van der Waals surface area contributed by atoms with E-state index in [4.69, 9.17) is 25.4 Å². The number of methoxy groups -OCH3 is 1. The van der Waals surface area contributed by atoms with E-state index in [0.29, 0.717) is 46.7 Å². The van der Waals surface area contributed by atoms with Gasteiger partial charge in [0, 0.05) is 25.1 Å². The SMILES string of the molecule is COc1cc(C)c(S(=O)(=O)N[C@@H](CO[C@@H]2OC[C@@H](O)[C@@H](O)[C@H]2O)C(=O)N[C@H](Cc2ccc(C(=N)N)cc2)C(=O)N2CCCCC2)c(C)c1C.I. The van der Waals surface area contributed by atoms with E-state index in [2.05, 4.69) is 10.0 Å². The number of carbonyl (C=O) groups is 2. The molecule has 4 rings (SSSR count). The highest BCUT2D eigenvalue weighted by Gasteiger charge is 2.40. The maximum atomic E-state index is 14.0. The summed E-state index contributed by atoms with van der Waals surface area (Å²) in [6.07, 6.45) is -3.51. The Balaban J connectivity index is 0.00000676. The number of nitrogens with zero attached hydrogens (tertiary/aromatic N) is 1. The molecule has 0 aliphatic carbocycles. The molecule has 2 aliphatic rings. The van der Waals surface area contributed by atoms with Gasteiger partial charge >= 0.3 is 0 Å². The van der Waals surface area contributed by atoms with Crippen LogP contribution in [0.1, 0.15) is 47.1 Å². The smallest absolute Gasteiger partial charge is 0.245 e. The first kappa shape index (κ1) is 41.5. The second-order valence-corrected chi connectivity index (χ2v) is 14.1. The molecule has 2 aromatic carbocycles. The van der Waals surface area contributed by atoms with E-state index < -0.39 is 59.2 Å². The van der Waals surface area contributed by atoms with Crippen LogP contribution in [0.25, 0.3) is 0 Å². The summed E-state index contributed by atoms with van der Waals surface area (Å²) in [6.45, 7) is 4.90. The molecule has 2 heterocycles. The van der Waals surface area contributed by atoms with Crippen LogP contribution >= 0.6 is 24.0 Å². The van der Waals surface area contributed by atoms with Crippen LogP contribution in [0.15, 0.2) is 35.2 Å². The van der Waals surface area contributed by atoms with Crippen molar-refractivity contribution < 1.29 is 47.5 Å². The van der Waals surface area contributed by atoms with Gasteiger partial charge in [-0.3, -0.25) is 15.0 Å². The fraction of sp³-hybridized carbons (Fsp3) is 0.545. The average Bonchev–Trinajstić information content (AvgIpc) is 3.07. The molecule has 278 valence electrons. The van der Waals surface area contributed by atoms with Gasteiger partial charge in [-0.25, -0.2) is 8.42 Å². The zero-order valence-corrected chi connectivity index (χ0v) is 31.7. The molecule has 0 aromatic heterocycles. The van der Waals surface area contributed by atoms with Gasteiger partial charge in [-0.1, -0.05) is 24.3 Å². The quantitative estimate of drug-likeness (QED) is 0.0828. The lowest BCUT2D eigenvalue weighted by atomic mass is 10.0. The molecular formula is C33H48IN5O10S. The number of hydrogen-bond donors (Lipinski definition) is 7. The molecule has 17 heteroatoms. The number of aliphatic hydroxyl groups excluding tert-OH is 3. The Morgan fingerprint density at radius 1 is 1.04 bits per heavy atom. The Morgan fingerprint density at radius 2 is 1.68 bits per heavy atom. The fourth-order valence-corrected chi connectivity index (χ4v) is 7.74. The first-order valence-electron chi connectivity index (χ1n) is 16.1. The Hall–Kier alpha value is -2.91. The van der Waals surface area contributed by atoms with Crippen LogP contribution < -0.4 is 20.5 Å². The second-order valence-electron chi connectivity index (χ2n) is 12.5. The number of hydrogen-bond acceptors (Lipinski definition) is 11. The number of amides is 2. The van der Waals surface area contributed by atoms with Crippen LogP contribution in [-0.4, -0.2) is 116 Å². The molecule has 0 saturated carbocycles. The molecule has 0 radical (unpaired) electrons. The molecule has 2 aromatic rings.